The molecule has 1 heterocycles. The van der Waals surface area contributed by atoms with E-state index in [0.717, 1.165) is 23.4 Å². The maximum atomic E-state index is 11.2. The van der Waals surface area contributed by atoms with Crippen molar-refractivity contribution >= 4 is 5.97 Å². The summed E-state index contributed by atoms with van der Waals surface area (Å²) in [6.07, 6.45) is 1.87. The van der Waals surface area contributed by atoms with Gasteiger partial charge in [-0.2, -0.15) is 0 Å². The molecule has 0 radical (unpaired) electrons. The molecule has 0 bridgehead atoms. The Morgan fingerprint density at radius 3 is 2.47 bits per heavy atom. The van der Waals surface area contributed by atoms with Crippen LogP contribution in [0.3, 0.4) is 0 Å². The van der Waals surface area contributed by atoms with Gasteiger partial charge in [-0.3, -0.25) is 0 Å². The molecule has 0 N–H and O–H groups in total. The van der Waals surface area contributed by atoms with E-state index in [9.17, 15) is 9.90 Å². The Kier molecular flexibility index (Phi) is 3.00. The fourth-order valence-electron chi connectivity index (χ4n) is 2.08. The van der Waals surface area contributed by atoms with E-state index in [0.29, 0.717) is 0 Å². The van der Waals surface area contributed by atoms with Crippen LogP contribution in [-0.4, -0.2) is 10.5 Å². The van der Waals surface area contributed by atoms with Crippen LogP contribution < -0.4 is 5.11 Å². The Balaban J connectivity index is 2.65. The van der Waals surface area contributed by atoms with Crippen LogP contribution in [0, 0.1) is 6.92 Å². The molecule has 0 fully saturated rings. The van der Waals surface area contributed by atoms with Crippen molar-refractivity contribution in [2.75, 3.05) is 0 Å². The zero-order valence-electron chi connectivity index (χ0n) is 9.93. The minimum Gasteiger partial charge on any atom is -0.545 e. The van der Waals surface area contributed by atoms with Crippen LogP contribution in [0.25, 0.3) is 11.1 Å². The van der Waals surface area contributed by atoms with Crippen molar-refractivity contribution < 1.29 is 9.90 Å². The van der Waals surface area contributed by atoms with E-state index < -0.39 is 5.97 Å². The van der Waals surface area contributed by atoms with Gasteiger partial charge in [0.15, 0.2) is 0 Å². The van der Waals surface area contributed by atoms with Gasteiger partial charge in [0.1, 0.15) is 0 Å². The van der Waals surface area contributed by atoms with E-state index in [1.807, 2.05) is 48.0 Å². The fraction of sp³-hybridized carbons (Fsp3) is 0.214. The number of carbonyl (C=O) groups excluding carboxylic acids is 1. The Bertz CT molecular complexity index is 541. The van der Waals surface area contributed by atoms with Crippen molar-refractivity contribution in [1.29, 1.82) is 0 Å². The van der Waals surface area contributed by atoms with Crippen molar-refractivity contribution in [2.24, 2.45) is 0 Å². The molecule has 0 aliphatic carbocycles. The molecule has 2 rings (SSSR count). The molecule has 0 unspecified atom stereocenters. The van der Waals surface area contributed by atoms with Crippen LogP contribution in [0.15, 0.2) is 36.5 Å². The van der Waals surface area contributed by atoms with Gasteiger partial charge in [0.2, 0.25) is 0 Å². The molecule has 0 aliphatic heterocycles. The summed E-state index contributed by atoms with van der Waals surface area (Å²) < 4.78 is 1.92. The number of rotatable bonds is 3. The number of aromatic nitrogens is 1. The van der Waals surface area contributed by atoms with Gasteiger partial charge < -0.3 is 14.5 Å². The van der Waals surface area contributed by atoms with Gasteiger partial charge in [-0.05, 0) is 19.4 Å². The van der Waals surface area contributed by atoms with Crippen molar-refractivity contribution in [3.8, 4) is 11.1 Å². The van der Waals surface area contributed by atoms with Gasteiger partial charge in [0.05, 0.1) is 5.97 Å². The fourth-order valence-corrected chi connectivity index (χ4v) is 2.08. The topological polar surface area (TPSA) is 45.1 Å². The molecule has 1 aromatic carbocycles. The van der Waals surface area contributed by atoms with Gasteiger partial charge in [0, 0.05) is 29.6 Å². The summed E-state index contributed by atoms with van der Waals surface area (Å²) in [5, 5.41) is 11.2. The summed E-state index contributed by atoms with van der Waals surface area (Å²) in [5.74, 6) is -1.12. The number of carboxylic acid groups (broad SMARTS) is 1. The third-order valence-corrected chi connectivity index (χ3v) is 2.98. The van der Waals surface area contributed by atoms with Crippen LogP contribution in [0.5, 0.6) is 0 Å². The van der Waals surface area contributed by atoms with Crippen molar-refractivity contribution in [3.63, 3.8) is 0 Å². The van der Waals surface area contributed by atoms with E-state index in [4.69, 9.17) is 0 Å². The highest BCUT2D eigenvalue weighted by molar-refractivity contribution is 5.96. The first-order valence-electron chi connectivity index (χ1n) is 5.61. The molecule has 17 heavy (non-hydrogen) atoms. The molecular weight excluding hydrogens is 214 g/mol. The summed E-state index contributed by atoms with van der Waals surface area (Å²) in [6.45, 7) is 4.54. The number of carbonyl (C=O) groups is 1. The zero-order valence-corrected chi connectivity index (χ0v) is 9.93. The molecule has 0 spiro atoms. The highest BCUT2D eigenvalue weighted by atomic mass is 16.4. The van der Waals surface area contributed by atoms with E-state index in [2.05, 4.69) is 0 Å². The lowest BCUT2D eigenvalue weighted by Gasteiger charge is -2.06. The lowest BCUT2D eigenvalue weighted by atomic mass is 10.0. The Labute approximate surface area is 100 Å². The van der Waals surface area contributed by atoms with E-state index >= 15 is 0 Å². The first-order valence-corrected chi connectivity index (χ1v) is 5.61. The van der Waals surface area contributed by atoms with E-state index in [1.54, 1.807) is 6.92 Å². The second-order valence-electron chi connectivity index (χ2n) is 3.94. The number of aromatic carboxylic acids is 1. The molecule has 0 saturated heterocycles. The summed E-state index contributed by atoms with van der Waals surface area (Å²) >= 11 is 0. The lowest BCUT2D eigenvalue weighted by molar-refractivity contribution is -0.255. The Morgan fingerprint density at radius 2 is 1.94 bits per heavy atom. The predicted octanol–water partition coefficient (Wildman–Crippen LogP) is 1.85. The lowest BCUT2D eigenvalue weighted by Crippen LogP contribution is -2.23. The summed E-state index contributed by atoms with van der Waals surface area (Å²) in [6, 6.07) is 9.51. The largest absolute Gasteiger partial charge is 0.545 e. The highest BCUT2D eigenvalue weighted by Crippen LogP contribution is 2.27. The van der Waals surface area contributed by atoms with Crippen LogP contribution >= 0.6 is 0 Å². The third kappa shape index (κ3) is 1.96. The first kappa shape index (κ1) is 11.5. The molecule has 0 aliphatic rings. The predicted molar refractivity (Wildman–Crippen MR) is 64.6 cm³/mol. The van der Waals surface area contributed by atoms with Crippen LogP contribution in [0.2, 0.25) is 0 Å². The van der Waals surface area contributed by atoms with Gasteiger partial charge in [0.25, 0.3) is 0 Å². The van der Waals surface area contributed by atoms with Crippen LogP contribution in [0.4, 0.5) is 0 Å². The molecule has 1 aromatic heterocycles. The Hall–Kier alpha value is -2.03. The molecule has 2 aromatic rings. The number of nitrogens with zero attached hydrogens (tertiary/aromatic N) is 1. The van der Waals surface area contributed by atoms with Crippen molar-refractivity contribution in [1.82, 2.24) is 4.57 Å². The van der Waals surface area contributed by atoms with Crippen LogP contribution in [0.1, 0.15) is 23.0 Å². The molecular formula is C14H14NO2-. The molecule has 3 heteroatoms. The first-order chi connectivity index (χ1) is 8.15. The number of benzene rings is 1. The molecule has 0 saturated carbocycles. The zero-order chi connectivity index (χ0) is 12.4. The summed E-state index contributed by atoms with van der Waals surface area (Å²) in [4.78, 5) is 11.2. The molecule has 3 nitrogen and oxygen atoms in total. The summed E-state index contributed by atoms with van der Waals surface area (Å²) in [5.41, 5.74) is 2.66. The minimum absolute atomic E-state index is 0.290. The normalized spacial score (nSPS) is 10.5. The quantitative estimate of drug-likeness (QED) is 0.804. The molecule has 88 valence electrons. The third-order valence-electron chi connectivity index (χ3n) is 2.98. The summed E-state index contributed by atoms with van der Waals surface area (Å²) in [7, 11) is 0. The van der Waals surface area contributed by atoms with Gasteiger partial charge in [-0.15, -0.1) is 0 Å². The smallest absolute Gasteiger partial charge is 0.0739 e. The number of aryl methyl sites for hydroxylation is 1. The number of hydrogen-bond acceptors (Lipinski definition) is 2. The Morgan fingerprint density at radius 1 is 1.29 bits per heavy atom. The molecule has 0 atom stereocenters. The van der Waals surface area contributed by atoms with Crippen molar-refractivity contribution in [2.45, 2.75) is 20.4 Å². The minimum atomic E-state index is -1.12. The van der Waals surface area contributed by atoms with Gasteiger partial charge in [-0.25, -0.2) is 0 Å². The monoisotopic (exact) mass is 228 g/mol. The van der Waals surface area contributed by atoms with Gasteiger partial charge in [-0.1, -0.05) is 30.3 Å². The standard InChI is InChI=1S/C14H15NO2/c1-3-15-9-12(11-7-5-4-6-8-11)13(10(15)2)14(16)17/h4-9H,3H2,1-2H3,(H,16,17)/p-1. The second-order valence-corrected chi connectivity index (χ2v) is 3.94. The maximum Gasteiger partial charge on any atom is 0.0739 e. The van der Waals surface area contributed by atoms with Crippen molar-refractivity contribution in [3.05, 3.63) is 47.8 Å². The van der Waals surface area contributed by atoms with Gasteiger partial charge >= 0.3 is 0 Å². The molecule has 0 amide bonds. The number of hydrogen-bond donors (Lipinski definition) is 0. The maximum absolute atomic E-state index is 11.2. The average Bonchev–Trinajstić information content (AvgIpc) is 2.67. The number of carboxylic acids is 1. The second kappa shape index (κ2) is 4.45. The van der Waals surface area contributed by atoms with E-state index in [1.165, 1.54) is 0 Å². The SMILES string of the molecule is CCn1cc(-c2ccccc2)c(C(=O)[O-])c1C. The van der Waals surface area contributed by atoms with Crippen LogP contribution in [-0.2, 0) is 6.54 Å². The average molecular weight is 228 g/mol. The van der Waals surface area contributed by atoms with E-state index in [-0.39, 0.29) is 5.56 Å². The highest BCUT2D eigenvalue weighted by Gasteiger charge is 2.13.